The number of amides is 1. The maximum Gasteiger partial charge on any atom is 0.346 e. The number of hydrogen-bond acceptors (Lipinski definition) is 7. The predicted molar refractivity (Wildman–Crippen MR) is 74.3 cm³/mol. The Morgan fingerprint density at radius 1 is 1.33 bits per heavy atom. The maximum absolute atomic E-state index is 11.8. The lowest BCUT2D eigenvalue weighted by molar-refractivity contribution is 0.0969. The summed E-state index contributed by atoms with van der Waals surface area (Å²) in [5, 5.41) is 13.0. The van der Waals surface area contributed by atoms with Crippen molar-refractivity contribution in [2.75, 3.05) is 0 Å². The number of primary amides is 1. The molecule has 0 aromatic carbocycles. The zero-order chi connectivity index (χ0) is 15.0. The van der Waals surface area contributed by atoms with Gasteiger partial charge in [-0.15, -0.1) is 10.2 Å². The number of nitrogens with two attached hydrogens (primary N) is 1. The highest BCUT2D eigenvalue weighted by Crippen LogP contribution is 2.23. The fraction of sp³-hybridized carbons (Fsp3) is 0.0833. The molecule has 0 fully saturated rings. The van der Waals surface area contributed by atoms with Gasteiger partial charge in [0.05, 0.1) is 5.56 Å². The van der Waals surface area contributed by atoms with E-state index in [1.54, 1.807) is 10.9 Å². The zero-order valence-corrected chi connectivity index (χ0v) is 11.6. The minimum absolute atomic E-state index is 0.198. The average Bonchev–Trinajstić information content (AvgIpc) is 3.07. The molecule has 0 atom stereocenters. The first kappa shape index (κ1) is 13.2. The van der Waals surface area contributed by atoms with Crippen LogP contribution in [0.3, 0.4) is 0 Å². The van der Waals surface area contributed by atoms with Gasteiger partial charge in [0.25, 0.3) is 5.91 Å². The minimum atomic E-state index is -0.802. The van der Waals surface area contributed by atoms with Gasteiger partial charge in [-0.3, -0.25) is 4.79 Å². The van der Waals surface area contributed by atoms with Gasteiger partial charge in [0.1, 0.15) is 0 Å². The van der Waals surface area contributed by atoms with Crippen molar-refractivity contribution in [3.63, 3.8) is 0 Å². The van der Waals surface area contributed by atoms with Gasteiger partial charge in [-0.1, -0.05) is 11.3 Å². The fourth-order valence-corrected chi connectivity index (χ4v) is 2.56. The second-order valence-corrected chi connectivity index (χ2v) is 5.10. The number of carbonyl (C=O) groups excluding carboxylic acids is 1. The molecule has 0 spiro atoms. The summed E-state index contributed by atoms with van der Waals surface area (Å²) in [6.45, 7) is 1.88. The lowest BCUT2D eigenvalue weighted by Gasteiger charge is -1.96. The third-order valence-corrected chi connectivity index (χ3v) is 3.66. The number of aryl methyl sites for hydroxylation is 1. The molecule has 3 heterocycles. The normalized spacial score (nSPS) is 10.7. The number of hydrogen-bond donors (Lipinski definition) is 1. The summed E-state index contributed by atoms with van der Waals surface area (Å²) in [7, 11) is 0. The Bertz CT molecular complexity index is 879. The van der Waals surface area contributed by atoms with Crippen LogP contribution in [-0.4, -0.2) is 25.9 Å². The molecular weight excluding hydrogens is 294 g/mol. The molecule has 3 aromatic heterocycles. The van der Waals surface area contributed by atoms with Crippen LogP contribution in [0.5, 0.6) is 0 Å². The summed E-state index contributed by atoms with van der Waals surface area (Å²) in [4.78, 5) is 22.8. The second-order valence-electron chi connectivity index (χ2n) is 4.14. The monoisotopic (exact) mass is 303 g/mol. The molecule has 0 aliphatic rings. The van der Waals surface area contributed by atoms with Gasteiger partial charge in [-0.2, -0.15) is 5.10 Å². The average molecular weight is 303 g/mol. The van der Waals surface area contributed by atoms with Crippen molar-refractivity contribution in [1.29, 1.82) is 0 Å². The van der Waals surface area contributed by atoms with E-state index < -0.39 is 11.5 Å². The molecule has 0 unspecified atom stereocenters. The number of carbonyl (C=O) groups is 1. The van der Waals surface area contributed by atoms with E-state index in [2.05, 4.69) is 15.3 Å². The van der Waals surface area contributed by atoms with E-state index in [0.29, 0.717) is 10.1 Å². The minimum Gasteiger partial charge on any atom is -0.417 e. The Labute approximate surface area is 121 Å². The number of rotatable bonds is 3. The highest BCUT2D eigenvalue weighted by Gasteiger charge is 2.15. The summed E-state index contributed by atoms with van der Waals surface area (Å²) < 4.78 is 6.45. The van der Waals surface area contributed by atoms with E-state index in [9.17, 15) is 9.59 Å². The van der Waals surface area contributed by atoms with Crippen LogP contribution in [0.15, 0.2) is 33.6 Å². The van der Waals surface area contributed by atoms with Crippen molar-refractivity contribution < 1.29 is 9.21 Å². The first-order chi connectivity index (χ1) is 10.1. The van der Waals surface area contributed by atoms with E-state index in [4.69, 9.17) is 10.2 Å². The molecule has 3 aromatic rings. The van der Waals surface area contributed by atoms with Crippen molar-refractivity contribution >= 4 is 17.2 Å². The van der Waals surface area contributed by atoms with Crippen LogP contribution in [0, 0.1) is 6.92 Å². The molecule has 9 heteroatoms. The Balaban J connectivity index is 2.03. The Kier molecular flexibility index (Phi) is 3.10. The third-order valence-electron chi connectivity index (χ3n) is 2.72. The van der Waals surface area contributed by atoms with Crippen molar-refractivity contribution in [2.45, 2.75) is 6.92 Å². The van der Waals surface area contributed by atoms with E-state index >= 15 is 0 Å². The van der Waals surface area contributed by atoms with Gasteiger partial charge in [0.2, 0.25) is 5.13 Å². The lowest BCUT2D eigenvalue weighted by atomic mass is 10.3. The predicted octanol–water partition coefficient (Wildman–Crippen LogP) is 0.751. The van der Waals surface area contributed by atoms with Crippen LogP contribution < -0.4 is 11.4 Å². The van der Waals surface area contributed by atoms with Crippen LogP contribution in [0.2, 0.25) is 0 Å². The molecule has 21 heavy (non-hydrogen) atoms. The van der Waals surface area contributed by atoms with Crippen molar-refractivity contribution in [3.8, 4) is 15.7 Å². The molecule has 0 saturated heterocycles. The molecule has 106 valence electrons. The molecule has 0 radical (unpaired) electrons. The summed E-state index contributed by atoms with van der Waals surface area (Å²) in [6.07, 6.45) is 1.65. The molecule has 0 bridgehead atoms. The topological polar surface area (TPSA) is 117 Å². The van der Waals surface area contributed by atoms with Crippen LogP contribution in [0.4, 0.5) is 0 Å². The molecule has 0 aliphatic heterocycles. The van der Waals surface area contributed by atoms with Crippen LogP contribution in [-0.2, 0) is 0 Å². The SMILES string of the molecule is Cc1ccnn1-c1nnc(-c2ccc(C(N)=O)oc2=O)s1. The lowest BCUT2D eigenvalue weighted by Crippen LogP contribution is -2.14. The number of nitrogens with zero attached hydrogens (tertiary/aromatic N) is 4. The first-order valence-electron chi connectivity index (χ1n) is 5.85. The first-order valence-corrected chi connectivity index (χ1v) is 6.67. The van der Waals surface area contributed by atoms with Crippen molar-refractivity contribution in [1.82, 2.24) is 20.0 Å². The fourth-order valence-electron chi connectivity index (χ4n) is 1.69. The molecule has 2 N–H and O–H groups in total. The van der Waals surface area contributed by atoms with Gasteiger partial charge in [0, 0.05) is 11.9 Å². The quantitative estimate of drug-likeness (QED) is 0.763. The second kappa shape index (κ2) is 4.94. The van der Waals surface area contributed by atoms with Crippen LogP contribution in [0.1, 0.15) is 16.2 Å². The highest BCUT2D eigenvalue weighted by atomic mass is 32.1. The molecule has 0 saturated carbocycles. The molecule has 1 amide bonds. The van der Waals surface area contributed by atoms with E-state index in [1.807, 2.05) is 13.0 Å². The van der Waals surface area contributed by atoms with Gasteiger partial charge in [-0.25, -0.2) is 9.48 Å². The summed E-state index contributed by atoms with van der Waals surface area (Å²) in [5.41, 5.74) is 5.47. The maximum atomic E-state index is 11.8. The summed E-state index contributed by atoms with van der Waals surface area (Å²) >= 11 is 1.19. The van der Waals surface area contributed by atoms with E-state index in [0.717, 1.165) is 5.69 Å². The van der Waals surface area contributed by atoms with Gasteiger partial charge in [-0.05, 0) is 25.1 Å². The third kappa shape index (κ3) is 2.34. The van der Waals surface area contributed by atoms with Gasteiger partial charge >= 0.3 is 5.63 Å². The summed E-state index contributed by atoms with van der Waals surface area (Å²) in [6, 6.07) is 4.60. The zero-order valence-electron chi connectivity index (χ0n) is 10.8. The molecule has 0 aliphatic carbocycles. The van der Waals surface area contributed by atoms with Gasteiger partial charge in [0.15, 0.2) is 10.8 Å². The van der Waals surface area contributed by atoms with Gasteiger partial charge < -0.3 is 10.2 Å². The molecule has 8 nitrogen and oxygen atoms in total. The van der Waals surface area contributed by atoms with Crippen molar-refractivity contribution in [2.24, 2.45) is 5.73 Å². The van der Waals surface area contributed by atoms with Crippen molar-refractivity contribution in [3.05, 3.63) is 46.3 Å². The largest absolute Gasteiger partial charge is 0.417 e. The van der Waals surface area contributed by atoms with E-state index in [1.165, 1.54) is 23.5 Å². The van der Waals surface area contributed by atoms with Crippen LogP contribution in [0.25, 0.3) is 15.7 Å². The Morgan fingerprint density at radius 2 is 2.14 bits per heavy atom. The molecular formula is C12H9N5O3S. The Hall–Kier alpha value is -2.81. The standard InChI is InChI=1S/C12H9N5O3S/c1-6-4-5-14-17(6)12-16-15-10(21-12)7-2-3-8(9(13)18)20-11(7)19/h2-5H,1H3,(H2,13,18). The van der Waals surface area contributed by atoms with Crippen LogP contribution >= 0.6 is 11.3 Å². The van der Waals surface area contributed by atoms with E-state index in [-0.39, 0.29) is 11.3 Å². The molecule has 3 rings (SSSR count). The summed E-state index contributed by atoms with van der Waals surface area (Å²) in [5.74, 6) is -1.000. The smallest absolute Gasteiger partial charge is 0.346 e. The number of aromatic nitrogens is 4. The highest BCUT2D eigenvalue weighted by molar-refractivity contribution is 7.17. The Morgan fingerprint density at radius 3 is 2.76 bits per heavy atom.